The summed E-state index contributed by atoms with van der Waals surface area (Å²) in [5, 5.41) is 0.918. The molecule has 2 heteroatoms. The van der Waals surface area contributed by atoms with Crippen LogP contribution in [-0.2, 0) is 0 Å². The van der Waals surface area contributed by atoms with Crippen molar-refractivity contribution >= 4 is 23.1 Å². The second-order valence-electron chi connectivity index (χ2n) is 5.85. The molecule has 0 amide bonds. The number of fused-ring (bicyclic) bond motifs is 1. The first kappa shape index (κ1) is 15.2. The van der Waals surface area contributed by atoms with Crippen molar-refractivity contribution in [2.75, 3.05) is 0 Å². The molecule has 1 heterocycles. The van der Waals surface area contributed by atoms with Crippen LogP contribution in [0.15, 0.2) is 94.1 Å². The minimum absolute atomic E-state index is 0.323. The summed E-state index contributed by atoms with van der Waals surface area (Å²) in [4.78, 5) is 12.1. The lowest BCUT2D eigenvalue weighted by Crippen LogP contribution is -2.02. The maximum atomic E-state index is 12.1. The van der Waals surface area contributed by atoms with Crippen molar-refractivity contribution in [3.05, 3.63) is 106 Å². The van der Waals surface area contributed by atoms with Gasteiger partial charge in [-0.2, -0.15) is 0 Å². The van der Waals surface area contributed by atoms with Crippen LogP contribution < -0.4 is 5.63 Å². The summed E-state index contributed by atoms with van der Waals surface area (Å²) < 4.78 is 5.35. The van der Waals surface area contributed by atoms with E-state index in [0.29, 0.717) is 11.1 Å². The Hall–Kier alpha value is -3.39. The van der Waals surface area contributed by atoms with Gasteiger partial charge in [0.15, 0.2) is 0 Å². The Morgan fingerprint density at radius 1 is 0.680 bits per heavy atom. The molecule has 0 aliphatic carbocycles. The quantitative estimate of drug-likeness (QED) is 0.457. The second kappa shape index (κ2) is 6.62. The van der Waals surface area contributed by atoms with Crippen LogP contribution in [0.3, 0.4) is 0 Å². The highest BCUT2D eigenvalue weighted by molar-refractivity contribution is 5.80. The van der Waals surface area contributed by atoms with E-state index in [-0.39, 0.29) is 5.63 Å². The summed E-state index contributed by atoms with van der Waals surface area (Å²) in [5.74, 6) is 0. The lowest BCUT2D eigenvalue weighted by molar-refractivity contribution is 0.559. The molecule has 0 saturated heterocycles. The molecule has 0 aliphatic rings. The number of rotatable bonds is 3. The smallest absolute Gasteiger partial charge is 0.343 e. The predicted octanol–water partition coefficient (Wildman–Crippen LogP) is 5.63. The van der Waals surface area contributed by atoms with Gasteiger partial charge in [0.2, 0.25) is 0 Å². The Labute approximate surface area is 145 Å². The Morgan fingerprint density at radius 2 is 1.36 bits per heavy atom. The molecule has 25 heavy (non-hydrogen) atoms. The third kappa shape index (κ3) is 3.29. The van der Waals surface area contributed by atoms with E-state index in [1.807, 2.05) is 60.7 Å². The van der Waals surface area contributed by atoms with Crippen LogP contribution in [0.5, 0.6) is 0 Å². The summed E-state index contributed by atoms with van der Waals surface area (Å²) >= 11 is 0. The predicted molar refractivity (Wildman–Crippen MR) is 103 cm³/mol. The molecule has 120 valence electrons. The Bertz CT molecular complexity index is 1090. The number of benzene rings is 3. The molecule has 3 aromatic carbocycles. The zero-order valence-corrected chi connectivity index (χ0v) is 13.6. The lowest BCUT2D eigenvalue weighted by Gasteiger charge is -2.02. The van der Waals surface area contributed by atoms with E-state index in [0.717, 1.165) is 10.9 Å². The van der Waals surface area contributed by atoms with Gasteiger partial charge in [0.1, 0.15) is 5.58 Å². The van der Waals surface area contributed by atoms with Crippen molar-refractivity contribution in [3.8, 4) is 11.1 Å². The van der Waals surface area contributed by atoms with Gasteiger partial charge in [-0.1, -0.05) is 78.9 Å². The minimum atomic E-state index is -0.323. The van der Waals surface area contributed by atoms with Gasteiger partial charge >= 0.3 is 5.63 Å². The maximum absolute atomic E-state index is 12.1. The number of hydrogen-bond donors (Lipinski definition) is 0. The topological polar surface area (TPSA) is 30.2 Å². The molecular formula is C23H16O2. The van der Waals surface area contributed by atoms with Crippen LogP contribution in [0.1, 0.15) is 11.1 Å². The highest BCUT2D eigenvalue weighted by atomic mass is 16.4. The van der Waals surface area contributed by atoms with E-state index in [9.17, 15) is 4.79 Å². The van der Waals surface area contributed by atoms with Crippen LogP contribution >= 0.6 is 0 Å². The largest absolute Gasteiger partial charge is 0.422 e. The molecule has 0 unspecified atom stereocenters. The van der Waals surface area contributed by atoms with Crippen LogP contribution in [-0.4, -0.2) is 0 Å². The van der Waals surface area contributed by atoms with Crippen molar-refractivity contribution in [2.24, 2.45) is 0 Å². The third-order valence-electron chi connectivity index (χ3n) is 4.14. The van der Waals surface area contributed by atoms with Gasteiger partial charge in [-0.25, -0.2) is 4.79 Å². The SMILES string of the molecule is O=c1oc2ccccc2cc1/C=C/c1ccc(-c2ccccc2)cc1. The zero-order valence-electron chi connectivity index (χ0n) is 13.6. The average molecular weight is 324 g/mol. The van der Waals surface area contributed by atoms with Crippen LogP contribution in [0.4, 0.5) is 0 Å². The van der Waals surface area contributed by atoms with Crippen molar-refractivity contribution in [3.63, 3.8) is 0 Å². The lowest BCUT2D eigenvalue weighted by atomic mass is 10.0. The van der Waals surface area contributed by atoms with Gasteiger partial charge in [-0.15, -0.1) is 0 Å². The van der Waals surface area contributed by atoms with Crippen LogP contribution in [0.2, 0.25) is 0 Å². The first-order valence-corrected chi connectivity index (χ1v) is 8.16. The number of hydrogen-bond acceptors (Lipinski definition) is 2. The highest BCUT2D eigenvalue weighted by Gasteiger charge is 2.02. The van der Waals surface area contributed by atoms with Gasteiger partial charge in [-0.05, 0) is 34.9 Å². The fourth-order valence-corrected chi connectivity index (χ4v) is 2.80. The van der Waals surface area contributed by atoms with Crippen LogP contribution in [0.25, 0.3) is 34.2 Å². The first-order valence-electron chi connectivity index (χ1n) is 8.16. The second-order valence-corrected chi connectivity index (χ2v) is 5.85. The van der Waals surface area contributed by atoms with Crippen molar-refractivity contribution in [1.82, 2.24) is 0 Å². The summed E-state index contributed by atoms with van der Waals surface area (Å²) in [6.45, 7) is 0. The molecule has 0 aliphatic heterocycles. The van der Waals surface area contributed by atoms with Gasteiger partial charge in [0.25, 0.3) is 0 Å². The molecule has 0 bridgehead atoms. The van der Waals surface area contributed by atoms with Gasteiger partial charge in [0.05, 0.1) is 5.56 Å². The molecule has 4 rings (SSSR count). The molecule has 0 fully saturated rings. The Morgan fingerprint density at radius 3 is 2.16 bits per heavy atom. The molecule has 0 spiro atoms. The Balaban J connectivity index is 1.62. The molecule has 0 N–H and O–H groups in total. The van der Waals surface area contributed by atoms with Crippen molar-refractivity contribution < 1.29 is 4.42 Å². The van der Waals surface area contributed by atoms with Gasteiger partial charge in [0, 0.05) is 5.39 Å². The summed E-state index contributed by atoms with van der Waals surface area (Å²) in [6, 6.07) is 27.9. The molecule has 4 aromatic rings. The molecule has 2 nitrogen and oxygen atoms in total. The van der Waals surface area contributed by atoms with E-state index < -0.39 is 0 Å². The summed E-state index contributed by atoms with van der Waals surface area (Å²) in [7, 11) is 0. The standard InChI is InChI=1S/C23H16O2/c24-23-21(16-20-8-4-5-9-22(20)25-23)15-12-17-10-13-19(14-11-17)18-6-2-1-3-7-18/h1-16H/b15-12+. The van der Waals surface area contributed by atoms with E-state index >= 15 is 0 Å². The van der Waals surface area contributed by atoms with Gasteiger partial charge < -0.3 is 4.42 Å². The molecule has 1 aromatic heterocycles. The maximum Gasteiger partial charge on any atom is 0.343 e. The molecule has 0 saturated carbocycles. The molecule has 0 atom stereocenters. The summed E-state index contributed by atoms with van der Waals surface area (Å²) in [6.07, 6.45) is 3.73. The number of para-hydroxylation sites is 1. The average Bonchev–Trinajstić information content (AvgIpc) is 2.67. The normalized spacial score (nSPS) is 11.2. The van der Waals surface area contributed by atoms with Crippen LogP contribution in [0, 0.1) is 0 Å². The minimum Gasteiger partial charge on any atom is -0.422 e. The fraction of sp³-hybridized carbons (Fsp3) is 0. The third-order valence-corrected chi connectivity index (χ3v) is 4.14. The van der Waals surface area contributed by atoms with Crippen molar-refractivity contribution in [1.29, 1.82) is 0 Å². The van der Waals surface area contributed by atoms with E-state index in [1.54, 1.807) is 12.1 Å². The monoisotopic (exact) mass is 324 g/mol. The van der Waals surface area contributed by atoms with E-state index in [4.69, 9.17) is 4.42 Å². The van der Waals surface area contributed by atoms with Crippen molar-refractivity contribution in [2.45, 2.75) is 0 Å². The molecule has 0 radical (unpaired) electrons. The molecular weight excluding hydrogens is 308 g/mol. The highest BCUT2D eigenvalue weighted by Crippen LogP contribution is 2.20. The Kier molecular flexibility index (Phi) is 4.01. The van der Waals surface area contributed by atoms with E-state index in [2.05, 4.69) is 24.3 Å². The van der Waals surface area contributed by atoms with E-state index in [1.165, 1.54) is 11.1 Å². The summed E-state index contributed by atoms with van der Waals surface area (Å²) in [5.41, 5.74) is 4.22. The zero-order chi connectivity index (χ0) is 17.1. The fourth-order valence-electron chi connectivity index (χ4n) is 2.80. The first-order chi connectivity index (χ1) is 12.3. The van der Waals surface area contributed by atoms with Gasteiger partial charge in [-0.3, -0.25) is 0 Å².